The summed E-state index contributed by atoms with van der Waals surface area (Å²) in [5.41, 5.74) is -6.11. The Bertz CT molecular complexity index is 1600. The fourth-order valence-electron chi connectivity index (χ4n) is 2.85. The van der Waals surface area contributed by atoms with Crippen LogP contribution in [-0.2, 0) is 0 Å². The van der Waals surface area contributed by atoms with Crippen molar-refractivity contribution in [2.75, 3.05) is 0 Å². The molecule has 3 aromatic carbocycles. The second-order valence-corrected chi connectivity index (χ2v) is 6.61. The maximum atomic E-state index is 14.6. The molecule has 190 valence electrons. The van der Waals surface area contributed by atoms with Gasteiger partial charge in [0.1, 0.15) is 46.5 Å². The maximum Gasteiger partial charge on any atom is 0.212 e. The Labute approximate surface area is 202 Å². The Morgan fingerprint density at radius 2 is 0.553 bits per heavy atom. The summed E-state index contributed by atoms with van der Waals surface area (Å²) >= 11 is 0. The highest BCUT2D eigenvalue weighted by Gasteiger charge is 2.35. The van der Waals surface area contributed by atoms with Gasteiger partial charge in [0.05, 0.1) is 0 Å². The minimum absolute atomic E-state index is 0.937. The zero-order valence-corrected chi connectivity index (χ0v) is 17.4. The molecule has 0 bridgehead atoms. The van der Waals surface area contributed by atoms with E-state index in [4.69, 9.17) is 21.0 Å². The van der Waals surface area contributed by atoms with E-state index in [2.05, 4.69) is 9.47 Å². The standard InChI is InChI=1S/C22F10N4O2/c23-9-5(1-33)7(3-35)11(25)19(15(9)29)37-21-17(31)13(27)14(28)18(32)22(21)38-20-12(26)8(4-36)6(2-34)10(24)16(20)30. The van der Waals surface area contributed by atoms with Crippen molar-refractivity contribution < 1.29 is 53.4 Å². The number of benzene rings is 3. The third kappa shape index (κ3) is 3.91. The van der Waals surface area contributed by atoms with Gasteiger partial charge in [-0.25, -0.2) is 26.3 Å². The summed E-state index contributed by atoms with van der Waals surface area (Å²) in [5, 5.41) is 35.4. The minimum atomic E-state index is -2.76. The molecule has 16 heteroatoms. The smallest absolute Gasteiger partial charge is 0.212 e. The van der Waals surface area contributed by atoms with Crippen molar-refractivity contribution in [3.63, 3.8) is 0 Å². The molecule has 0 spiro atoms. The lowest BCUT2D eigenvalue weighted by atomic mass is 10.1. The lowest BCUT2D eigenvalue weighted by Gasteiger charge is -2.17. The predicted octanol–water partition coefficient (Wildman–Crippen LogP) is 6.15. The fraction of sp³-hybridized carbons (Fsp3) is 0. The van der Waals surface area contributed by atoms with Crippen molar-refractivity contribution in [3.8, 4) is 47.3 Å². The van der Waals surface area contributed by atoms with Crippen LogP contribution in [0.3, 0.4) is 0 Å². The highest BCUT2D eigenvalue weighted by Crippen LogP contribution is 2.45. The summed E-state index contributed by atoms with van der Waals surface area (Å²) in [5.74, 6) is -33.7. The second-order valence-electron chi connectivity index (χ2n) is 6.61. The van der Waals surface area contributed by atoms with Gasteiger partial charge >= 0.3 is 0 Å². The average Bonchev–Trinajstić information content (AvgIpc) is 2.90. The lowest BCUT2D eigenvalue weighted by molar-refractivity contribution is 0.302. The molecular formula is C22F10N4O2. The van der Waals surface area contributed by atoms with E-state index in [0.717, 1.165) is 24.3 Å². The molecule has 3 rings (SSSR count). The first-order valence-electron chi connectivity index (χ1n) is 9.10. The Balaban J connectivity index is 2.38. The number of halogens is 10. The molecule has 0 saturated heterocycles. The molecule has 0 N–H and O–H groups in total. The molecule has 0 aliphatic carbocycles. The van der Waals surface area contributed by atoms with Gasteiger partial charge in [-0.2, -0.15) is 38.6 Å². The molecule has 0 atom stereocenters. The Morgan fingerprint density at radius 1 is 0.316 bits per heavy atom. The van der Waals surface area contributed by atoms with Gasteiger partial charge in [0.15, 0.2) is 23.3 Å². The molecule has 0 aliphatic heterocycles. The summed E-state index contributed by atoms with van der Waals surface area (Å²) in [4.78, 5) is 0. The number of ether oxygens (including phenoxy) is 2. The van der Waals surface area contributed by atoms with Crippen molar-refractivity contribution in [1.29, 1.82) is 21.0 Å². The third-order valence-corrected chi connectivity index (χ3v) is 4.60. The van der Waals surface area contributed by atoms with Crippen LogP contribution >= 0.6 is 0 Å². The van der Waals surface area contributed by atoms with E-state index in [1.807, 2.05) is 0 Å². The van der Waals surface area contributed by atoms with Crippen LogP contribution in [-0.4, -0.2) is 0 Å². The van der Waals surface area contributed by atoms with Crippen molar-refractivity contribution >= 4 is 0 Å². The largest absolute Gasteiger partial charge is 0.444 e. The second kappa shape index (κ2) is 9.88. The zero-order valence-electron chi connectivity index (χ0n) is 17.4. The molecule has 0 aromatic heterocycles. The van der Waals surface area contributed by atoms with Gasteiger partial charge in [0.2, 0.25) is 57.9 Å². The van der Waals surface area contributed by atoms with Crippen LogP contribution < -0.4 is 9.47 Å². The molecule has 3 aromatic rings. The van der Waals surface area contributed by atoms with Crippen LogP contribution in [0.1, 0.15) is 22.3 Å². The molecule has 0 fully saturated rings. The monoisotopic (exact) mass is 542 g/mol. The average molecular weight is 542 g/mol. The van der Waals surface area contributed by atoms with E-state index in [1.54, 1.807) is 0 Å². The summed E-state index contributed by atoms with van der Waals surface area (Å²) < 4.78 is 152. The van der Waals surface area contributed by atoms with Gasteiger partial charge in [0.25, 0.3) is 0 Å². The highest BCUT2D eigenvalue weighted by atomic mass is 19.2. The molecule has 0 amide bonds. The zero-order chi connectivity index (χ0) is 28.6. The fourth-order valence-corrected chi connectivity index (χ4v) is 2.85. The van der Waals surface area contributed by atoms with E-state index >= 15 is 0 Å². The molecular weight excluding hydrogens is 542 g/mol. The van der Waals surface area contributed by atoms with Gasteiger partial charge in [-0.15, -0.1) is 0 Å². The van der Waals surface area contributed by atoms with Crippen LogP contribution in [0.2, 0.25) is 0 Å². The molecule has 6 nitrogen and oxygen atoms in total. The maximum absolute atomic E-state index is 14.6. The van der Waals surface area contributed by atoms with Crippen molar-refractivity contribution in [3.05, 3.63) is 80.4 Å². The van der Waals surface area contributed by atoms with Gasteiger partial charge in [-0.3, -0.25) is 0 Å². The van der Waals surface area contributed by atoms with Gasteiger partial charge in [-0.1, -0.05) is 0 Å². The van der Waals surface area contributed by atoms with E-state index < -0.39 is 103 Å². The Kier molecular flexibility index (Phi) is 7.05. The molecule has 0 unspecified atom stereocenters. The number of hydrogen-bond acceptors (Lipinski definition) is 6. The van der Waals surface area contributed by atoms with Gasteiger partial charge in [0, 0.05) is 0 Å². The van der Waals surface area contributed by atoms with Crippen LogP contribution in [0.15, 0.2) is 0 Å². The Morgan fingerprint density at radius 3 is 0.816 bits per heavy atom. The molecule has 38 heavy (non-hydrogen) atoms. The predicted molar refractivity (Wildman–Crippen MR) is 97.9 cm³/mol. The normalized spacial score (nSPS) is 10.3. The van der Waals surface area contributed by atoms with Crippen LogP contribution in [0, 0.1) is 103 Å². The highest BCUT2D eigenvalue weighted by molar-refractivity contribution is 5.57. The topological polar surface area (TPSA) is 114 Å². The van der Waals surface area contributed by atoms with Gasteiger partial charge < -0.3 is 9.47 Å². The molecule has 0 radical (unpaired) electrons. The quantitative estimate of drug-likeness (QED) is 0.222. The van der Waals surface area contributed by atoms with Gasteiger partial charge in [-0.05, 0) is 0 Å². The molecule has 0 aliphatic rings. The number of nitrogens with zero attached hydrogens (tertiary/aromatic N) is 4. The summed E-state index contributed by atoms with van der Waals surface area (Å²) in [6, 6.07) is 3.75. The Hall–Kier alpha value is -5.48. The van der Waals surface area contributed by atoms with Crippen LogP contribution in [0.4, 0.5) is 43.9 Å². The third-order valence-electron chi connectivity index (χ3n) is 4.60. The lowest BCUT2D eigenvalue weighted by Crippen LogP contribution is -2.09. The summed E-state index contributed by atoms with van der Waals surface area (Å²) in [6.45, 7) is 0. The first kappa shape index (κ1) is 27.1. The minimum Gasteiger partial charge on any atom is -0.444 e. The van der Waals surface area contributed by atoms with Crippen molar-refractivity contribution in [2.24, 2.45) is 0 Å². The SMILES string of the molecule is N#Cc1c(F)c(F)c(Oc2c(F)c(F)c(F)c(F)c2Oc2c(F)c(F)c(C#N)c(C#N)c2F)c(F)c1C#N. The van der Waals surface area contributed by atoms with Crippen molar-refractivity contribution in [1.82, 2.24) is 0 Å². The summed E-state index contributed by atoms with van der Waals surface area (Å²) in [6.07, 6.45) is 0. The first-order valence-corrected chi connectivity index (χ1v) is 9.10. The van der Waals surface area contributed by atoms with E-state index in [1.165, 1.54) is 0 Å². The molecule has 0 saturated carbocycles. The van der Waals surface area contributed by atoms with Crippen LogP contribution in [0.25, 0.3) is 0 Å². The van der Waals surface area contributed by atoms with E-state index in [0.29, 0.717) is 0 Å². The van der Waals surface area contributed by atoms with E-state index in [-0.39, 0.29) is 0 Å². The number of rotatable bonds is 4. The van der Waals surface area contributed by atoms with E-state index in [9.17, 15) is 43.9 Å². The first-order chi connectivity index (χ1) is 17.9. The van der Waals surface area contributed by atoms with Crippen molar-refractivity contribution in [2.45, 2.75) is 0 Å². The molecule has 0 heterocycles. The van der Waals surface area contributed by atoms with Crippen LogP contribution in [0.5, 0.6) is 23.0 Å². The summed E-state index contributed by atoms with van der Waals surface area (Å²) in [7, 11) is 0. The number of hydrogen-bond donors (Lipinski definition) is 0. The number of nitriles is 4.